The quantitative estimate of drug-likeness (QED) is 0.825. The van der Waals surface area contributed by atoms with Crippen LogP contribution >= 0.6 is 11.6 Å². The zero-order valence-electron chi connectivity index (χ0n) is 14.1. The zero-order chi connectivity index (χ0) is 18.5. The number of anilines is 1. The number of nitrogens with one attached hydrogen (secondary N) is 1. The SMILES string of the molecule is O=C(Nc1cccc(Cl)c1)N1CCCC(OCc2cccc(F)c2F)C1. The van der Waals surface area contributed by atoms with Crippen LogP contribution in [-0.2, 0) is 11.3 Å². The van der Waals surface area contributed by atoms with Gasteiger partial charge in [-0.25, -0.2) is 13.6 Å². The van der Waals surface area contributed by atoms with E-state index in [1.54, 1.807) is 29.2 Å². The summed E-state index contributed by atoms with van der Waals surface area (Å²) >= 11 is 5.92. The average Bonchev–Trinajstić information content (AvgIpc) is 2.63. The number of urea groups is 1. The summed E-state index contributed by atoms with van der Waals surface area (Å²) in [5.74, 6) is -1.78. The van der Waals surface area contributed by atoms with Crippen molar-refractivity contribution >= 4 is 23.3 Å². The van der Waals surface area contributed by atoms with Gasteiger partial charge in [0.15, 0.2) is 11.6 Å². The molecule has 0 bridgehead atoms. The molecule has 0 spiro atoms. The minimum Gasteiger partial charge on any atom is -0.372 e. The van der Waals surface area contributed by atoms with Crippen molar-refractivity contribution in [1.29, 1.82) is 0 Å². The van der Waals surface area contributed by atoms with Gasteiger partial charge in [-0.15, -0.1) is 0 Å². The van der Waals surface area contributed by atoms with Gasteiger partial charge in [0, 0.05) is 29.4 Å². The van der Waals surface area contributed by atoms with Gasteiger partial charge >= 0.3 is 6.03 Å². The standard InChI is InChI=1S/C19H19ClF2N2O2/c20-14-5-2-6-15(10-14)23-19(25)24-9-3-7-16(11-24)26-12-13-4-1-8-17(21)18(13)22/h1-2,4-6,8,10,16H,3,7,9,11-12H2,(H,23,25). The highest BCUT2D eigenvalue weighted by Gasteiger charge is 2.24. The Hall–Kier alpha value is -2.18. The third-order valence-electron chi connectivity index (χ3n) is 4.25. The molecule has 4 nitrogen and oxygen atoms in total. The Morgan fingerprint density at radius 2 is 2.08 bits per heavy atom. The maximum absolute atomic E-state index is 13.7. The number of carbonyl (C=O) groups excluding carboxylic acids is 1. The molecule has 1 fully saturated rings. The number of ether oxygens (including phenoxy) is 1. The number of carbonyl (C=O) groups is 1. The van der Waals surface area contributed by atoms with Crippen molar-refractivity contribution in [2.24, 2.45) is 0 Å². The van der Waals surface area contributed by atoms with Crippen LogP contribution < -0.4 is 5.32 Å². The van der Waals surface area contributed by atoms with E-state index < -0.39 is 11.6 Å². The van der Waals surface area contributed by atoms with Crippen LogP contribution in [-0.4, -0.2) is 30.1 Å². The summed E-state index contributed by atoms with van der Waals surface area (Å²) in [6.07, 6.45) is 1.31. The largest absolute Gasteiger partial charge is 0.372 e. The van der Waals surface area contributed by atoms with Crippen molar-refractivity contribution in [3.05, 3.63) is 64.7 Å². The molecule has 0 saturated carbocycles. The van der Waals surface area contributed by atoms with E-state index in [4.69, 9.17) is 16.3 Å². The number of piperidine rings is 1. The first-order valence-electron chi connectivity index (χ1n) is 8.39. The molecule has 1 N–H and O–H groups in total. The molecule has 26 heavy (non-hydrogen) atoms. The Kier molecular flexibility index (Phi) is 6.06. The summed E-state index contributed by atoms with van der Waals surface area (Å²) in [5, 5.41) is 3.34. The molecule has 0 aliphatic carbocycles. The lowest BCUT2D eigenvalue weighted by molar-refractivity contribution is -0.000229. The third kappa shape index (κ3) is 4.71. The molecule has 1 aliphatic heterocycles. The van der Waals surface area contributed by atoms with Crippen LogP contribution in [0.3, 0.4) is 0 Å². The number of likely N-dealkylation sites (tertiary alicyclic amines) is 1. The highest BCUT2D eigenvalue weighted by molar-refractivity contribution is 6.30. The molecule has 2 aromatic carbocycles. The van der Waals surface area contributed by atoms with Gasteiger partial charge in [0.25, 0.3) is 0 Å². The van der Waals surface area contributed by atoms with Gasteiger partial charge in [0.1, 0.15) is 0 Å². The van der Waals surface area contributed by atoms with Gasteiger partial charge in [-0.2, -0.15) is 0 Å². The molecular formula is C19H19ClF2N2O2. The summed E-state index contributed by atoms with van der Waals surface area (Å²) in [6.45, 7) is 0.974. The Bertz CT molecular complexity index is 788. The number of nitrogens with zero attached hydrogens (tertiary/aromatic N) is 1. The van der Waals surface area contributed by atoms with Crippen LogP contribution in [0.4, 0.5) is 19.3 Å². The van der Waals surface area contributed by atoms with Crippen LogP contribution in [0.15, 0.2) is 42.5 Å². The maximum Gasteiger partial charge on any atom is 0.321 e. The van der Waals surface area contributed by atoms with Crippen molar-refractivity contribution in [1.82, 2.24) is 4.90 Å². The fraction of sp³-hybridized carbons (Fsp3) is 0.316. The lowest BCUT2D eigenvalue weighted by Crippen LogP contribution is -2.45. The maximum atomic E-state index is 13.7. The van der Waals surface area contributed by atoms with E-state index in [0.717, 1.165) is 18.9 Å². The molecule has 1 heterocycles. The Balaban J connectivity index is 1.55. The Morgan fingerprint density at radius 1 is 1.27 bits per heavy atom. The molecule has 7 heteroatoms. The highest BCUT2D eigenvalue weighted by Crippen LogP contribution is 2.20. The normalized spacial score (nSPS) is 17.2. The molecule has 138 valence electrons. The van der Waals surface area contributed by atoms with E-state index >= 15 is 0 Å². The van der Waals surface area contributed by atoms with E-state index in [9.17, 15) is 13.6 Å². The first-order valence-corrected chi connectivity index (χ1v) is 8.76. The van der Waals surface area contributed by atoms with Gasteiger partial charge in [-0.05, 0) is 37.1 Å². The first-order chi connectivity index (χ1) is 12.5. The second kappa shape index (κ2) is 8.47. The van der Waals surface area contributed by atoms with Gasteiger partial charge in [0.2, 0.25) is 0 Å². The van der Waals surface area contributed by atoms with E-state index in [1.807, 2.05) is 0 Å². The van der Waals surface area contributed by atoms with Crippen molar-refractivity contribution in [3.63, 3.8) is 0 Å². The molecule has 2 aromatic rings. The predicted octanol–water partition coefficient (Wildman–Crippen LogP) is 4.83. The van der Waals surface area contributed by atoms with E-state index in [1.165, 1.54) is 12.1 Å². The molecule has 2 amide bonds. The van der Waals surface area contributed by atoms with Crippen LogP contribution in [0.2, 0.25) is 5.02 Å². The zero-order valence-corrected chi connectivity index (χ0v) is 14.8. The predicted molar refractivity (Wildman–Crippen MR) is 96.2 cm³/mol. The summed E-state index contributed by atoms with van der Waals surface area (Å²) in [6, 6.07) is 10.7. The minimum atomic E-state index is -0.891. The van der Waals surface area contributed by atoms with Gasteiger partial charge in [0.05, 0.1) is 12.7 Å². The van der Waals surface area contributed by atoms with Gasteiger partial charge in [-0.3, -0.25) is 0 Å². The van der Waals surface area contributed by atoms with E-state index in [0.29, 0.717) is 23.8 Å². The number of hydrogen-bond donors (Lipinski definition) is 1. The van der Waals surface area contributed by atoms with Crippen molar-refractivity contribution < 1.29 is 18.3 Å². The molecule has 0 radical (unpaired) electrons. The molecule has 1 saturated heterocycles. The second-order valence-corrected chi connectivity index (χ2v) is 6.61. The fourth-order valence-corrected chi connectivity index (χ4v) is 3.09. The average molecular weight is 381 g/mol. The first kappa shape index (κ1) is 18.6. The third-order valence-corrected chi connectivity index (χ3v) is 4.48. The van der Waals surface area contributed by atoms with Crippen LogP contribution in [0.25, 0.3) is 0 Å². The van der Waals surface area contributed by atoms with Crippen LogP contribution in [0.5, 0.6) is 0 Å². The lowest BCUT2D eigenvalue weighted by atomic mass is 10.1. The van der Waals surface area contributed by atoms with Crippen LogP contribution in [0, 0.1) is 11.6 Å². The molecule has 3 rings (SSSR count). The van der Waals surface area contributed by atoms with E-state index in [2.05, 4.69) is 5.32 Å². The number of amides is 2. The molecule has 1 unspecified atom stereocenters. The van der Waals surface area contributed by atoms with E-state index in [-0.39, 0.29) is 24.3 Å². The van der Waals surface area contributed by atoms with Crippen LogP contribution in [0.1, 0.15) is 18.4 Å². The van der Waals surface area contributed by atoms with Crippen molar-refractivity contribution in [2.45, 2.75) is 25.6 Å². The summed E-state index contributed by atoms with van der Waals surface area (Å²) in [5.41, 5.74) is 0.790. The Morgan fingerprint density at radius 3 is 2.88 bits per heavy atom. The molecule has 1 atom stereocenters. The monoisotopic (exact) mass is 380 g/mol. The Labute approximate surface area is 155 Å². The van der Waals surface area contributed by atoms with Crippen molar-refractivity contribution in [2.75, 3.05) is 18.4 Å². The lowest BCUT2D eigenvalue weighted by Gasteiger charge is -2.32. The number of halogens is 3. The number of benzene rings is 2. The number of hydrogen-bond acceptors (Lipinski definition) is 2. The molecule has 1 aliphatic rings. The second-order valence-electron chi connectivity index (χ2n) is 6.17. The topological polar surface area (TPSA) is 41.6 Å². The molecular weight excluding hydrogens is 362 g/mol. The summed E-state index contributed by atoms with van der Waals surface area (Å²) in [4.78, 5) is 14.1. The fourth-order valence-electron chi connectivity index (χ4n) is 2.90. The van der Waals surface area contributed by atoms with Crippen molar-refractivity contribution in [3.8, 4) is 0 Å². The summed E-state index contributed by atoms with van der Waals surface area (Å²) in [7, 11) is 0. The minimum absolute atomic E-state index is 0.0297. The smallest absolute Gasteiger partial charge is 0.321 e. The highest BCUT2D eigenvalue weighted by atomic mass is 35.5. The van der Waals surface area contributed by atoms with Gasteiger partial charge in [-0.1, -0.05) is 29.8 Å². The summed E-state index contributed by atoms with van der Waals surface area (Å²) < 4.78 is 32.6. The number of rotatable bonds is 4. The van der Waals surface area contributed by atoms with Gasteiger partial charge < -0.3 is 15.0 Å². The molecule has 0 aromatic heterocycles.